The van der Waals surface area contributed by atoms with Gasteiger partial charge in [-0.1, -0.05) is 13.8 Å². The van der Waals surface area contributed by atoms with Gasteiger partial charge in [-0.05, 0) is 39.8 Å². The van der Waals surface area contributed by atoms with Crippen molar-refractivity contribution in [3.63, 3.8) is 0 Å². The third kappa shape index (κ3) is 3.48. The molecule has 0 spiro atoms. The molecule has 0 unspecified atom stereocenters. The van der Waals surface area contributed by atoms with Crippen LogP contribution >= 0.6 is 39.0 Å². The van der Waals surface area contributed by atoms with Crippen LogP contribution in [0.2, 0.25) is 0 Å². The largest absolute Gasteiger partial charge is 0.309 e. The topological polar surface area (TPSA) is 42.2 Å². The first kappa shape index (κ1) is 15.0. The number of nitrogens with zero attached hydrogens (tertiary/aromatic N) is 3. The molecular formula is C14H15BrN4S2. The van der Waals surface area contributed by atoms with Crippen molar-refractivity contribution in [2.24, 2.45) is 0 Å². The van der Waals surface area contributed by atoms with Gasteiger partial charge in [-0.15, -0.1) is 11.3 Å². The molecule has 0 aliphatic carbocycles. The van der Waals surface area contributed by atoms with E-state index in [4.69, 9.17) is 4.98 Å². The summed E-state index contributed by atoms with van der Waals surface area (Å²) in [5.74, 6) is 0. The average Bonchev–Trinajstić information content (AvgIpc) is 3.00. The maximum atomic E-state index is 4.72. The number of nitrogens with one attached hydrogen (secondary N) is 1. The molecule has 0 saturated carbocycles. The second-order valence-corrected chi connectivity index (χ2v) is 7.67. The highest BCUT2D eigenvalue weighted by Gasteiger charge is 2.15. The fourth-order valence-corrected chi connectivity index (χ4v) is 3.76. The lowest BCUT2D eigenvalue weighted by atomic mass is 10.3. The van der Waals surface area contributed by atoms with Gasteiger partial charge in [0, 0.05) is 34.8 Å². The Morgan fingerprint density at radius 2 is 2.29 bits per heavy atom. The van der Waals surface area contributed by atoms with Crippen molar-refractivity contribution in [3.05, 3.63) is 40.1 Å². The summed E-state index contributed by atoms with van der Waals surface area (Å²) in [6.07, 6.45) is 3.89. The summed E-state index contributed by atoms with van der Waals surface area (Å²) in [4.78, 5) is 10.2. The van der Waals surface area contributed by atoms with Crippen LogP contribution in [0.25, 0.3) is 4.96 Å². The summed E-state index contributed by atoms with van der Waals surface area (Å²) in [7, 11) is 0. The predicted molar refractivity (Wildman–Crippen MR) is 91.1 cm³/mol. The molecule has 4 nitrogen and oxygen atoms in total. The zero-order valence-corrected chi connectivity index (χ0v) is 14.9. The van der Waals surface area contributed by atoms with Crippen molar-refractivity contribution >= 4 is 44.0 Å². The molecule has 0 aliphatic rings. The highest BCUT2D eigenvalue weighted by atomic mass is 79.9. The van der Waals surface area contributed by atoms with Gasteiger partial charge >= 0.3 is 0 Å². The van der Waals surface area contributed by atoms with Crippen molar-refractivity contribution in [1.29, 1.82) is 0 Å². The fourth-order valence-electron chi connectivity index (χ4n) is 1.88. The molecule has 21 heavy (non-hydrogen) atoms. The number of hydrogen-bond acceptors (Lipinski definition) is 5. The van der Waals surface area contributed by atoms with Gasteiger partial charge in [0.1, 0.15) is 10.1 Å². The van der Waals surface area contributed by atoms with Gasteiger partial charge in [0.25, 0.3) is 0 Å². The van der Waals surface area contributed by atoms with E-state index in [0.29, 0.717) is 6.04 Å². The van der Waals surface area contributed by atoms with Crippen molar-refractivity contribution < 1.29 is 0 Å². The molecule has 1 N–H and O–H groups in total. The number of thiazole rings is 1. The summed E-state index contributed by atoms with van der Waals surface area (Å²) in [5.41, 5.74) is 1.19. The molecule has 0 amide bonds. The van der Waals surface area contributed by atoms with E-state index < -0.39 is 0 Å². The number of hydrogen-bond donors (Lipinski definition) is 1. The Morgan fingerprint density at radius 3 is 3.00 bits per heavy atom. The van der Waals surface area contributed by atoms with Crippen molar-refractivity contribution in [2.75, 3.05) is 0 Å². The second kappa shape index (κ2) is 6.48. The minimum Gasteiger partial charge on any atom is -0.309 e. The fraction of sp³-hybridized carbons (Fsp3) is 0.286. The zero-order chi connectivity index (χ0) is 14.8. The molecular weight excluding hydrogens is 368 g/mol. The molecule has 3 rings (SSSR count). The van der Waals surface area contributed by atoms with E-state index in [1.54, 1.807) is 23.1 Å². The van der Waals surface area contributed by atoms with Gasteiger partial charge in [0.05, 0.1) is 5.69 Å². The Labute approximate surface area is 140 Å². The van der Waals surface area contributed by atoms with Gasteiger partial charge in [-0.2, -0.15) is 0 Å². The van der Waals surface area contributed by atoms with Crippen LogP contribution in [0.5, 0.6) is 0 Å². The van der Waals surface area contributed by atoms with Crippen molar-refractivity contribution in [2.45, 2.75) is 36.5 Å². The number of pyridine rings is 1. The van der Waals surface area contributed by atoms with Gasteiger partial charge in [0.15, 0.2) is 4.96 Å². The molecule has 0 fully saturated rings. The summed E-state index contributed by atoms with van der Waals surface area (Å²) < 4.78 is 3.14. The third-order valence-corrected chi connectivity index (χ3v) is 5.10. The summed E-state index contributed by atoms with van der Waals surface area (Å²) in [6, 6.07) is 4.44. The summed E-state index contributed by atoms with van der Waals surface area (Å²) in [6.45, 7) is 5.10. The quantitative estimate of drug-likeness (QED) is 0.717. The minimum atomic E-state index is 0.442. The molecule has 3 heterocycles. The van der Waals surface area contributed by atoms with E-state index in [-0.39, 0.29) is 0 Å². The highest BCUT2D eigenvalue weighted by molar-refractivity contribution is 9.10. The van der Waals surface area contributed by atoms with E-state index >= 15 is 0 Å². The van der Waals surface area contributed by atoms with E-state index in [9.17, 15) is 0 Å². The number of imidazole rings is 1. The minimum absolute atomic E-state index is 0.442. The normalized spacial score (nSPS) is 11.6. The second-order valence-electron chi connectivity index (χ2n) is 4.87. The maximum Gasteiger partial charge on any atom is 0.194 e. The summed E-state index contributed by atoms with van der Waals surface area (Å²) in [5, 5.41) is 7.50. The average molecular weight is 383 g/mol. The monoisotopic (exact) mass is 382 g/mol. The van der Waals surface area contributed by atoms with Crippen LogP contribution in [0.3, 0.4) is 0 Å². The third-order valence-electron chi connectivity index (χ3n) is 2.90. The van der Waals surface area contributed by atoms with Crippen LogP contribution in [0.1, 0.15) is 19.5 Å². The lowest BCUT2D eigenvalue weighted by Gasteiger charge is -2.08. The standard InChI is InChI=1S/C14H15BrN4S2/c1-9(2)16-8-11-13(18-14-19(11)5-6-20-14)21-12-4-3-10(15)7-17-12/h3-7,9,16H,8H2,1-2H3. The molecule has 7 heteroatoms. The first-order chi connectivity index (χ1) is 10.1. The zero-order valence-electron chi connectivity index (χ0n) is 11.7. The van der Waals surface area contributed by atoms with E-state index in [2.05, 4.69) is 56.1 Å². The van der Waals surface area contributed by atoms with Crippen molar-refractivity contribution in [1.82, 2.24) is 19.7 Å². The van der Waals surface area contributed by atoms with E-state index in [1.165, 1.54) is 5.69 Å². The first-order valence-electron chi connectivity index (χ1n) is 6.60. The van der Waals surface area contributed by atoms with Crippen LogP contribution in [0, 0.1) is 0 Å². The Morgan fingerprint density at radius 1 is 1.43 bits per heavy atom. The maximum absolute atomic E-state index is 4.72. The number of aromatic nitrogens is 3. The Kier molecular flexibility index (Phi) is 4.63. The van der Waals surface area contributed by atoms with Gasteiger partial charge in [0.2, 0.25) is 0 Å². The number of rotatable bonds is 5. The Balaban J connectivity index is 1.91. The summed E-state index contributed by atoms with van der Waals surface area (Å²) >= 11 is 6.67. The molecule has 110 valence electrons. The van der Waals surface area contributed by atoms with Crippen LogP contribution < -0.4 is 5.32 Å². The molecule has 0 bridgehead atoms. The molecule has 3 aromatic heterocycles. The van der Waals surface area contributed by atoms with Gasteiger partial charge < -0.3 is 5.32 Å². The SMILES string of the molecule is CC(C)NCc1c(Sc2ccc(Br)cn2)nc2sccn12. The smallest absolute Gasteiger partial charge is 0.194 e. The molecule has 0 radical (unpaired) electrons. The first-order valence-corrected chi connectivity index (χ1v) is 9.09. The van der Waals surface area contributed by atoms with E-state index in [0.717, 1.165) is 26.0 Å². The molecule has 0 aliphatic heterocycles. The molecule has 0 saturated heterocycles. The molecule has 0 aromatic carbocycles. The lowest BCUT2D eigenvalue weighted by molar-refractivity contribution is 0.574. The Hall–Kier alpha value is -0.890. The van der Waals surface area contributed by atoms with Crippen molar-refractivity contribution in [3.8, 4) is 0 Å². The van der Waals surface area contributed by atoms with E-state index in [1.807, 2.05) is 18.3 Å². The number of halogens is 1. The highest BCUT2D eigenvalue weighted by Crippen LogP contribution is 2.31. The molecule has 0 atom stereocenters. The van der Waals surface area contributed by atoms with Crippen LogP contribution in [-0.4, -0.2) is 20.4 Å². The van der Waals surface area contributed by atoms with Crippen LogP contribution in [-0.2, 0) is 6.54 Å². The molecule has 3 aromatic rings. The lowest BCUT2D eigenvalue weighted by Crippen LogP contribution is -2.22. The van der Waals surface area contributed by atoms with Gasteiger partial charge in [-0.25, -0.2) is 9.97 Å². The van der Waals surface area contributed by atoms with Gasteiger partial charge in [-0.3, -0.25) is 4.40 Å². The number of fused-ring (bicyclic) bond motifs is 1. The van der Waals surface area contributed by atoms with Crippen LogP contribution in [0.15, 0.2) is 44.4 Å². The Bertz CT molecular complexity index is 733. The predicted octanol–water partition coefficient (Wildman–Crippen LogP) is 4.20. The van der Waals surface area contributed by atoms with Crippen LogP contribution in [0.4, 0.5) is 0 Å².